The van der Waals surface area contributed by atoms with Crippen molar-refractivity contribution in [2.24, 2.45) is 0 Å². The fourth-order valence-electron chi connectivity index (χ4n) is 4.30. The molecule has 6 nitrogen and oxygen atoms in total. The predicted molar refractivity (Wildman–Crippen MR) is 145 cm³/mol. The fraction of sp³-hybridized carbons (Fsp3) is 0.259. The van der Waals surface area contributed by atoms with Gasteiger partial charge in [0.15, 0.2) is 10.8 Å². The quantitative estimate of drug-likeness (QED) is 0.321. The fourth-order valence-corrected chi connectivity index (χ4v) is 5.77. The van der Waals surface area contributed by atoms with Gasteiger partial charge in [0, 0.05) is 28.4 Å². The average Bonchev–Trinajstić information content (AvgIpc) is 3.24. The van der Waals surface area contributed by atoms with Gasteiger partial charge in [0.1, 0.15) is 11.4 Å². The van der Waals surface area contributed by atoms with Crippen molar-refractivity contribution >= 4 is 57.5 Å². The van der Waals surface area contributed by atoms with E-state index in [9.17, 15) is 9.59 Å². The van der Waals surface area contributed by atoms with Gasteiger partial charge < -0.3 is 10.2 Å². The lowest BCUT2D eigenvalue weighted by Gasteiger charge is -2.29. The van der Waals surface area contributed by atoms with Gasteiger partial charge in [-0.1, -0.05) is 12.1 Å². The van der Waals surface area contributed by atoms with E-state index in [0.29, 0.717) is 27.5 Å². The number of thiocarbonyl (C=S) groups is 1. The Morgan fingerprint density at radius 3 is 2.39 bits per heavy atom. The van der Waals surface area contributed by atoms with E-state index < -0.39 is 11.4 Å². The number of amides is 2. The molecule has 2 heterocycles. The molecule has 2 amide bonds. The highest BCUT2D eigenvalue weighted by Crippen LogP contribution is 2.38. The van der Waals surface area contributed by atoms with Crippen LogP contribution in [0.4, 0.5) is 21.5 Å². The maximum atomic E-state index is 15.1. The summed E-state index contributed by atoms with van der Waals surface area (Å²) in [4.78, 5) is 34.1. The number of nitrogens with zero attached hydrogens (tertiary/aromatic N) is 3. The van der Waals surface area contributed by atoms with Crippen LogP contribution in [-0.2, 0) is 11.3 Å². The molecule has 1 saturated heterocycles. The zero-order chi connectivity index (χ0) is 26.4. The number of carbonyl (C=O) groups is 2. The number of carbonyl (C=O) groups excluding carboxylic acids is 2. The molecule has 0 unspecified atom stereocenters. The Bertz CT molecular complexity index is 1450. The maximum Gasteiger partial charge on any atom is 0.261 e. The van der Waals surface area contributed by atoms with E-state index in [0.717, 1.165) is 16.0 Å². The number of nitrogens with one attached hydrogen (secondary N) is 1. The number of benzene rings is 2. The Labute approximate surface area is 219 Å². The van der Waals surface area contributed by atoms with Crippen LogP contribution in [-0.4, -0.2) is 22.5 Å². The number of aryl methyl sites for hydroxylation is 3. The second-order valence-electron chi connectivity index (χ2n) is 9.23. The summed E-state index contributed by atoms with van der Waals surface area (Å²) < 4.78 is 15.1. The molecule has 36 heavy (non-hydrogen) atoms. The van der Waals surface area contributed by atoms with Crippen LogP contribution in [0.1, 0.15) is 45.1 Å². The lowest BCUT2D eigenvalue weighted by Crippen LogP contribution is -2.44. The summed E-state index contributed by atoms with van der Waals surface area (Å²) in [5, 5.41) is 3.01. The van der Waals surface area contributed by atoms with Gasteiger partial charge in [-0.05, 0) is 88.3 Å². The van der Waals surface area contributed by atoms with Crippen molar-refractivity contribution in [2.45, 2.75) is 46.7 Å². The number of halogens is 1. The van der Waals surface area contributed by atoms with Crippen LogP contribution in [0.2, 0.25) is 0 Å². The molecule has 0 atom stereocenters. The molecule has 0 spiro atoms. The number of rotatable bonds is 5. The van der Waals surface area contributed by atoms with Crippen molar-refractivity contribution in [3.63, 3.8) is 0 Å². The topological polar surface area (TPSA) is 57.0 Å². The summed E-state index contributed by atoms with van der Waals surface area (Å²) in [6, 6.07) is 11.7. The summed E-state index contributed by atoms with van der Waals surface area (Å²) in [5.41, 5.74) is 2.40. The molecule has 1 aromatic heterocycles. The molecule has 3 aromatic rings. The van der Waals surface area contributed by atoms with Crippen LogP contribution in [0, 0.1) is 33.2 Å². The van der Waals surface area contributed by atoms with Crippen LogP contribution in [0.15, 0.2) is 42.5 Å². The molecule has 1 aliphatic heterocycles. The second-order valence-corrected chi connectivity index (χ2v) is 10.8. The Morgan fingerprint density at radius 2 is 1.81 bits per heavy atom. The minimum absolute atomic E-state index is 0.0346. The first-order chi connectivity index (χ1) is 16.9. The van der Waals surface area contributed by atoms with E-state index >= 15 is 4.39 Å². The average molecular weight is 521 g/mol. The van der Waals surface area contributed by atoms with Gasteiger partial charge in [0.2, 0.25) is 0 Å². The van der Waals surface area contributed by atoms with Gasteiger partial charge in [-0.25, -0.2) is 9.24 Å². The standard InChI is InChI=1S/C27H25FN4O2S2/c1-15-12-19(9-10-22(15)29-6)31-25(34)27(4,5)32(26(31)35)20-8-7-18(21(28)13-20)14-30-24(33)23-16(2)11-17(3)36-23/h7-13H,14H2,1-5H3,(H,30,33). The van der Waals surface area contributed by atoms with Crippen molar-refractivity contribution in [2.75, 3.05) is 9.80 Å². The molecule has 1 fully saturated rings. The summed E-state index contributed by atoms with van der Waals surface area (Å²) in [7, 11) is 0. The number of hydrogen-bond donors (Lipinski definition) is 1. The smallest absolute Gasteiger partial charge is 0.261 e. The van der Waals surface area contributed by atoms with Crippen LogP contribution >= 0.6 is 23.6 Å². The molecule has 1 N–H and O–H groups in total. The van der Waals surface area contributed by atoms with E-state index in [1.807, 2.05) is 19.9 Å². The van der Waals surface area contributed by atoms with Crippen molar-refractivity contribution in [1.29, 1.82) is 0 Å². The highest BCUT2D eigenvalue weighted by Gasteiger charge is 2.50. The molecule has 1 aliphatic rings. The third kappa shape index (κ3) is 4.38. The lowest BCUT2D eigenvalue weighted by atomic mass is 10.0. The first kappa shape index (κ1) is 25.5. The van der Waals surface area contributed by atoms with Crippen molar-refractivity contribution in [1.82, 2.24) is 5.32 Å². The normalized spacial score (nSPS) is 14.8. The summed E-state index contributed by atoms with van der Waals surface area (Å²) >= 11 is 7.08. The van der Waals surface area contributed by atoms with Crippen molar-refractivity contribution < 1.29 is 14.0 Å². The van der Waals surface area contributed by atoms with Crippen LogP contribution in [0.3, 0.4) is 0 Å². The van der Waals surface area contributed by atoms with Gasteiger partial charge in [-0.15, -0.1) is 11.3 Å². The Hall–Kier alpha value is -3.61. The molecule has 0 radical (unpaired) electrons. The lowest BCUT2D eigenvalue weighted by molar-refractivity contribution is -0.120. The van der Waals surface area contributed by atoms with Gasteiger partial charge >= 0.3 is 0 Å². The monoisotopic (exact) mass is 520 g/mol. The minimum atomic E-state index is -1.06. The Kier molecular flexibility index (Phi) is 6.69. The Balaban J connectivity index is 1.58. The number of thiophene rings is 1. The van der Waals surface area contributed by atoms with Gasteiger partial charge in [-0.2, -0.15) is 0 Å². The predicted octanol–water partition coefficient (Wildman–Crippen LogP) is 6.21. The third-order valence-electron chi connectivity index (χ3n) is 6.21. The van der Waals surface area contributed by atoms with Crippen molar-refractivity contribution in [3.05, 3.63) is 86.1 Å². The van der Waals surface area contributed by atoms with Gasteiger partial charge in [0.05, 0.1) is 11.4 Å². The van der Waals surface area contributed by atoms with E-state index in [4.69, 9.17) is 18.8 Å². The van der Waals surface area contributed by atoms with Crippen LogP contribution < -0.4 is 15.1 Å². The minimum Gasteiger partial charge on any atom is -0.347 e. The van der Waals surface area contributed by atoms with Gasteiger partial charge in [0.25, 0.3) is 11.8 Å². The molecular weight excluding hydrogens is 495 g/mol. The second kappa shape index (κ2) is 9.45. The molecule has 0 bridgehead atoms. The molecule has 0 aliphatic carbocycles. The summed E-state index contributed by atoms with van der Waals surface area (Å²) in [5.74, 6) is -0.994. The highest BCUT2D eigenvalue weighted by molar-refractivity contribution is 7.81. The van der Waals surface area contributed by atoms with E-state index in [1.54, 1.807) is 56.0 Å². The van der Waals surface area contributed by atoms with E-state index in [-0.39, 0.29) is 23.5 Å². The summed E-state index contributed by atoms with van der Waals surface area (Å²) in [6.45, 7) is 16.4. The zero-order valence-electron chi connectivity index (χ0n) is 20.6. The van der Waals surface area contributed by atoms with Crippen LogP contribution in [0.5, 0.6) is 0 Å². The molecule has 9 heteroatoms. The van der Waals surface area contributed by atoms with Crippen molar-refractivity contribution in [3.8, 4) is 0 Å². The third-order valence-corrected chi connectivity index (χ3v) is 7.73. The molecular formula is C27H25FN4O2S2. The molecule has 4 rings (SSSR count). The molecule has 2 aromatic carbocycles. The molecule has 0 saturated carbocycles. The van der Waals surface area contributed by atoms with E-state index in [1.165, 1.54) is 22.3 Å². The highest BCUT2D eigenvalue weighted by atomic mass is 32.1. The summed E-state index contributed by atoms with van der Waals surface area (Å²) in [6.07, 6.45) is 0. The van der Waals surface area contributed by atoms with Gasteiger partial charge in [-0.3, -0.25) is 14.5 Å². The first-order valence-corrected chi connectivity index (χ1v) is 12.5. The largest absolute Gasteiger partial charge is 0.347 e. The van der Waals surface area contributed by atoms with E-state index in [2.05, 4.69) is 10.2 Å². The number of hydrogen-bond acceptors (Lipinski definition) is 4. The van der Waals surface area contributed by atoms with Crippen LogP contribution in [0.25, 0.3) is 4.85 Å². The Morgan fingerprint density at radius 1 is 1.11 bits per heavy atom. The molecule has 184 valence electrons. The number of anilines is 2. The first-order valence-electron chi connectivity index (χ1n) is 11.3. The zero-order valence-corrected chi connectivity index (χ0v) is 22.2. The SMILES string of the molecule is [C-]#[N+]c1ccc(N2C(=O)C(C)(C)N(c3ccc(CNC(=O)c4sc(C)cc4C)c(F)c3)C2=S)cc1C. The maximum absolute atomic E-state index is 15.1.